The molecule has 3 unspecified atom stereocenters. The first-order valence-corrected chi connectivity index (χ1v) is 14.3. The Labute approximate surface area is 226 Å². The van der Waals surface area contributed by atoms with Crippen molar-refractivity contribution >= 4 is 52.0 Å². The number of ether oxygens (including phenoxy) is 2. The molecule has 3 atom stereocenters. The number of carboxylic acid groups (broad SMARTS) is 1. The number of carboxylic acids is 1. The molecule has 0 saturated carbocycles. The number of nitrogens with zero attached hydrogens (tertiary/aromatic N) is 1. The molecule has 0 aromatic heterocycles. The fourth-order valence-corrected chi connectivity index (χ4v) is 10.1. The molecular weight excluding hydrogens is 517 g/mol. The second-order valence-electron chi connectivity index (χ2n) is 9.92. The number of carbonyl (C=O) groups excluding carboxylic acids is 3. The van der Waals surface area contributed by atoms with Gasteiger partial charge in [-0.05, 0) is 29.8 Å². The lowest BCUT2D eigenvalue weighted by atomic mass is 9.73. The van der Waals surface area contributed by atoms with Crippen LogP contribution in [-0.4, -0.2) is 57.5 Å². The zero-order valence-electron chi connectivity index (χ0n) is 21.5. The molecule has 3 aromatic rings. The van der Waals surface area contributed by atoms with E-state index in [0.717, 1.165) is 15.9 Å². The van der Waals surface area contributed by atoms with Gasteiger partial charge in [0.1, 0.15) is 23.7 Å². The van der Waals surface area contributed by atoms with Crippen LogP contribution in [0.25, 0.3) is 0 Å². The summed E-state index contributed by atoms with van der Waals surface area (Å²) in [6, 6.07) is 27.1. The third-order valence-corrected chi connectivity index (χ3v) is 11.6. The lowest BCUT2D eigenvalue weighted by Crippen LogP contribution is -2.71. The number of hydrogen-bond acceptors (Lipinski definition) is 6. The first-order chi connectivity index (χ1) is 18.7. The predicted molar refractivity (Wildman–Crippen MR) is 148 cm³/mol. The summed E-state index contributed by atoms with van der Waals surface area (Å²) in [7, 11) is 0. The van der Waals surface area contributed by atoms with Gasteiger partial charge in [0.25, 0.3) is 0 Å². The maximum Gasteiger partial charge on any atom is 0.509 e. The molecular formula is C30H28NO7P. The molecule has 0 spiro atoms. The van der Waals surface area contributed by atoms with Crippen molar-refractivity contribution in [1.29, 1.82) is 0 Å². The van der Waals surface area contributed by atoms with Gasteiger partial charge in [0, 0.05) is 13.3 Å². The molecule has 2 heterocycles. The molecule has 8 nitrogen and oxygen atoms in total. The molecule has 5 rings (SSSR count). The number of benzene rings is 3. The Bertz CT molecular complexity index is 1390. The van der Waals surface area contributed by atoms with Crippen molar-refractivity contribution in [3.63, 3.8) is 0 Å². The molecule has 2 fully saturated rings. The quantitative estimate of drug-likeness (QED) is 0.263. The standard InChI is InChI=1S/C30H28NO7P/c1-20(32)18-24-25(30(2)19-37-29(36)38-30)26(33)31(24)27(28(34)35)39(21-12-6-3-7-13-21,22-14-8-4-9-15-22)23-16-10-5-11-17-23/h3-17,24-25H,18-19H2,1-2H3,(H,34,35). The highest BCUT2D eigenvalue weighted by Crippen LogP contribution is 2.51. The highest BCUT2D eigenvalue weighted by molar-refractivity contribution is 7.96. The van der Waals surface area contributed by atoms with Gasteiger partial charge in [-0.2, -0.15) is 0 Å². The topological polar surface area (TPSA) is 110 Å². The molecule has 0 bridgehead atoms. The Balaban J connectivity index is 1.87. The molecule has 2 aliphatic rings. The monoisotopic (exact) mass is 545 g/mol. The minimum absolute atomic E-state index is 0.0903. The number of cyclic esters (lactones) is 2. The highest BCUT2D eigenvalue weighted by atomic mass is 31.2. The van der Waals surface area contributed by atoms with Crippen LogP contribution in [0.5, 0.6) is 0 Å². The van der Waals surface area contributed by atoms with Crippen LogP contribution in [0.2, 0.25) is 0 Å². The van der Waals surface area contributed by atoms with E-state index in [2.05, 4.69) is 0 Å². The van der Waals surface area contributed by atoms with E-state index in [9.17, 15) is 24.3 Å². The van der Waals surface area contributed by atoms with Crippen molar-refractivity contribution in [3.05, 3.63) is 91.0 Å². The van der Waals surface area contributed by atoms with Crippen molar-refractivity contribution < 1.29 is 33.8 Å². The summed E-state index contributed by atoms with van der Waals surface area (Å²) in [6.45, 7) is -0.365. The van der Waals surface area contributed by atoms with Gasteiger partial charge in [0.05, 0.1) is 6.04 Å². The third-order valence-electron chi connectivity index (χ3n) is 7.34. The minimum atomic E-state index is -3.18. The Morgan fingerprint density at radius 1 is 0.897 bits per heavy atom. The van der Waals surface area contributed by atoms with E-state index in [1.54, 1.807) is 6.92 Å². The molecule has 1 amide bonds. The maximum absolute atomic E-state index is 14.0. The lowest BCUT2D eigenvalue weighted by molar-refractivity contribution is -0.164. The molecule has 0 radical (unpaired) electrons. The molecule has 1 N–H and O–H groups in total. The molecule has 0 aliphatic carbocycles. The van der Waals surface area contributed by atoms with Gasteiger partial charge in [-0.25, -0.2) is 9.59 Å². The van der Waals surface area contributed by atoms with Gasteiger partial charge >= 0.3 is 12.1 Å². The minimum Gasteiger partial charge on any atom is -0.477 e. The van der Waals surface area contributed by atoms with Gasteiger partial charge < -0.3 is 19.5 Å². The smallest absolute Gasteiger partial charge is 0.477 e. The molecule has 3 aromatic carbocycles. The lowest BCUT2D eigenvalue weighted by Gasteiger charge is -2.52. The zero-order valence-corrected chi connectivity index (χ0v) is 22.4. The number of ketones is 1. The number of carbonyl (C=O) groups is 4. The Morgan fingerprint density at radius 3 is 1.72 bits per heavy atom. The molecule has 200 valence electrons. The van der Waals surface area contributed by atoms with Crippen LogP contribution in [0.3, 0.4) is 0 Å². The summed E-state index contributed by atoms with van der Waals surface area (Å²) in [5.41, 5.74) is -1.41. The van der Waals surface area contributed by atoms with Crippen molar-refractivity contribution in [3.8, 4) is 0 Å². The largest absolute Gasteiger partial charge is 0.509 e. The Kier molecular flexibility index (Phi) is 6.91. The van der Waals surface area contributed by atoms with Crippen LogP contribution in [0.1, 0.15) is 20.3 Å². The van der Waals surface area contributed by atoms with E-state index in [1.807, 2.05) is 91.0 Å². The highest BCUT2D eigenvalue weighted by Gasteiger charge is 2.63. The van der Waals surface area contributed by atoms with Crippen LogP contribution in [0, 0.1) is 5.92 Å². The van der Waals surface area contributed by atoms with Gasteiger partial charge in [-0.15, -0.1) is 0 Å². The fraction of sp³-hybridized carbons (Fsp3) is 0.233. The molecule has 39 heavy (non-hydrogen) atoms. The number of β-lactam (4-membered cyclic amide) rings is 1. The summed E-state index contributed by atoms with van der Waals surface area (Å²) in [6.07, 6.45) is -0.994. The average Bonchev–Trinajstić information content (AvgIpc) is 3.28. The maximum atomic E-state index is 14.0. The summed E-state index contributed by atoms with van der Waals surface area (Å²) in [5.74, 6) is -2.94. The summed E-state index contributed by atoms with van der Waals surface area (Å²) in [4.78, 5) is 53.1. The van der Waals surface area contributed by atoms with Gasteiger partial charge in [0.15, 0.2) is 5.60 Å². The molecule has 2 saturated heterocycles. The number of Topliss-reactive ketones (excluding diaryl/α,β-unsaturated/α-hetero) is 1. The second-order valence-corrected chi connectivity index (χ2v) is 13.2. The predicted octanol–water partition coefficient (Wildman–Crippen LogP) is 2.93. The first kappa shape index (κ1) is 26.4. The molecule has 2 aliphatic heterocycles. The van der Waals surface area contributed by atoms with Crippen LogP contribution >= 0.6 is 6.89 Å². The summed E-state index contributed by atoms with van der Waals surface area (Å²) < 4.78 is 10.4. The zero-order chi connectivity index (χ0) is 27.8. The van der Waals surface area contributed by atoms with E-state index in [0.29, 0.717) is 0 Å². The van der Waals surface area contributed by atoms with E-state index >= 15 is 0 Å². The van der Waals surface area contributed by atoms with Gasteiger partial charge in [-0.3, -0.25) is 9.59 Å². The van der Waals surface area contributed by atoms with Crippen LogP contribution in [0.4, 0.5) is 4.79 Å². The van der Waals surface area contributed by atoms with Crippen LogP contribution < -0.4 is 15.9 Å². The van der Waals surface area contributed by atoms with E-state index in [-0.39, 0.29) is 24.2 Å². The SMILES string of the molecule is CC(=O)CC1C(C2(C)COC(=O)O2)C(=O)N1C(C(=O)O)=P(c1ccccc1)(c1ccccc1)c1ccccc1. The number of rotatable bonds is 8. The van der Waals surface area contributed by atoms with Gasteiger partial charge in [0.2, 0.25) is 5.91 Å². The van der Waals surface area contributed by atoms with Crippen molar-refractivity contribution in [1.82, 2.24) is 4.90 Å². The van der Waals surface area contributed by atoms with Crippen LogP contribution in [-0.2, 0) is 23.9 Å². The fourth-order valence-electron chi connectivity index (χ4n) is 5.76. The number of amides is 1. The summed E-state index contributed by atoms with van der Waals surface area (Å²) in [5, 5.41) is 13.2. The number of hydrogen-bond donors (Lipinski definition) is 1. The average molecular weight is 546 g/mol. The van der Waals surface area contributed by atoms with E-state index < -0.39 is 42.5 Å². The third kappa shape index (κ3) is 4.35. The number of likely N-dealkylation sites (tertiary alicyclic amines) is 1. The summed E-state index contributed by atoms with van der Waals surface area (Å²) >= 11 is 0. The molecule has 9 heteroatoms. The van der Waals surface area contributed by atoms with Crippen molar-refractivity contribution in [2.24, 2.45) is 5.92 Å². The van der Waals surface area contributed by atoms with Crippen molar-refractivity contribution in [2.45, 2.75) is 31.9 Å². The first-order valence-electron chi connectivity index (χ1n) is 12.5. The van der Waals surface area contributed by atoms with E-state index in [1.165, 1.54) is 11.8 Å². The van der Waals surface area contributed by atoms with Crippen LogP contribution in [0.15, 0.2) is 91.0 Å². The van der Waals surface area contributed by atoms with E-state index in [4.69, 9.17) is 9.47 Å². The van der Waals surface area contributed by atoms with Gasteiger partial charge in [-0.1, -0.05) is 91.0 Å². The second kappa shape index (κ2) is 10.2. The number of aliphatic carboxylic acids is 1. The Morgan fingerprint density at radius 2 is 1.36 bits per heavy atom. The Hall–Kier alpha value is -4.16. The van der Waals surface area contributed by atoms with Crippen molar-refractivity contribution in [2.75, 3.05) is 6.61 Å². The normalized spacial score (nSPS) is 22.5.